The van der Waals surface area contributed by atoms with Crippen molar-refractivity contribution in [2.24, 2.45) is 0 Å². The minimum absolute atomic E-state index is 0.253. The van der Waals surface area contributed by atoms with Crippen LogP contribution in [0.5, 0.6) is 0 Å². The molecule has 0 N–H and O–H groups in total. The van der Waals surface area contributed by atoms with Crippen LogP contribution in [0.3, 0.4) is 0 Å². The predicted octanol–water partition coefficient (Wildman–Crippen LogP) is 2.85. The SMILES string of the molecule is O=Cc1cc(I)c(F)c(I)c1. The molecule has 0 aliphatic heterocycles. The van der Waals surface area contributed by atoms with E-state index in [0.717, 1.165) is 0 Å². The quantitative estimate of drug-likeness (QED) is 0.419. The molecule has 0 saturated heterocycles. The first-order valence-corrected chi connectivity index (χ1v) is 4.90. The average molecular weight is 376 g/mol. The summed E-state index contributed by atoms with van der Waals surface area (Å²) in [7, 11) is 0. The summed E-state index contributed by atoms with van der Waals surface area (Å²) >= 11 is 3.72. The van der Waals surface area contributed by atoms with E-state index in [4.69, 9.17) is 0 Å². The molecule has 0 spiro atoms. The number of aldehydes is 1. The minimum Gasteiger partial charge on any atom is -0.298 e. The first-order chi connectivity index (χ1) is 5.15. The number of halogens is 3. The largest absolute Gasteiger partial charge is 0.298 e. The molecule has 0 aliphatic rings. The maximum Gasteiger partial charge on any atom is 0.150 e. The number of hydrogen-bond acceptors (Lipinski definition) is 1. The second-order valence-corrected chi connectivity index (χ2v) is 4.24. The fourth-order valence-corrected chi connectivity index (χ4v) is 2.46. The van der Waals surface area contributed by atoms with E-state index in [1.807, 2.05) is 45.2 Å². The standard InChI is InChI=1S/C7H3FI2O/c8-7-5(9)1-4(3-11)2-6(7)10/h1-3H. The van der Waals surface area contributed by atoms with E-state index in [-0.39, 0.29) is 5.82 Å². The third-order valence-corrected chi connectivity index (χ3v) is 2.71. The van der Waals surface area contributed by atoms with E-state index >= 15 is 0 Å². The van der Waals surface area contributed by atoms with E-state index in [1.54, 1.807) is 0 Å². The molecule has 0 atom stereocenters. The molecule has 11 heavy (non-hydrogen) atoms. The lowest BCUT2D eigenvalue weighted by molar-refractivity contribution is 0.112. The monoisotopic (exact) mass is 376 g/mol. The van der Waals surface area contributed by atoms with Crippen LogP contribution in [-0.2, 0) is 0 Å². The average Bonchev–Trinajstić information content (AvgIpc) is 1.99. The van der Waals surface area contributed by atoms with Gasteiger partial charge in [0.05, 0.1) is 7.14 Å². The molecule has 0 saturated carbocycles. The van der Waals surface area contributed by atoms with Crippen LogP contribution in [0.15, 0.2) is 12.1 Å². The van der Waals surface area contributed by atoms with Crippen molar-refractivity contribution in [3.05, 3.63) is 30.7 Å². The third-order valence-electron chi connectivity index (χ3n) is 1.14. The van der Waals surface area contributed by atoms with Crippen LogP contribution in [0.2, 0.25) is 0 Å². The molecule has 58 valence electrons. The Morgan fingerprint density at radius 1 is 1.27 bits per heavy atom. The van der Waals surface area contributed by atoms with Crippen molar-refractivity contribution in [2.45, 2.75) is 0 Å². The molecule has 0 unspecified atom stereocenters. The first kappa shape index (κ1) is 9.37. The molecular formula is C7H3FI2O. The predicted molar refractivity (Wildman–Crippen MR) is 57.2 cm³/mol. The smallest absolute Gasteiger partial charge is 0.150 e. The van der Waals surface area contributed by atoms with Gasteiger partial charge in [0.15, 0.2) is 0 Å². The van der Waals surface area contributed by atoms with Crippen molar-refractivity contribution < 1.29 is 9.18 Å². The van der Waals surface area contributed by atoms with Gasteiger partial charge in [0.2, 0.25) is 0 Å². The zero-order valence-corrected chi connectivity index (χ0v) is 9.59. The summed E-state index contributed by atoms with van der Waals surface area (Å²) in [6.07, 6.45) is 0.712. The molecular weight excluding hydrogens is 373 g/mol. The van der Waals surface area contributed by atoms with Crippen LogP contribution >= 0.6 is 45.2 Å². The molecule has 4 heteroatoms. The van der Waals surface area contributed by atoms with Gasteiger partial charge in [-0.25, -0.2) is 4.39 Å². The Hall–Kier alpha value is 0.280. The number of carbonyl (C=O) groups is 1. The summed E-state index contributed by atoms with van der Waals surface area (Å²) in [5, 5.41) is 0. The van der Waals surface area contributed by atoms with Gasteiger partial charge in [0, 0.05) is 5.56 Å². The van der Waals surface area contributed by atoms with Crippen molar-refractivity contribution in [1.82, 2.24) is 0 Å². The highest BCUT2D eigenvalue weighted by Crippen LogP contribution is 2.18. The third kappa shape index (κ3) is 2.11. The van der Waals surface area contributed by atoms with Crippen LogP contribution in [0.1, 0.15) is 10.4 Å². The van der Waals surface area contributed by atoms with Crippen molar-refractivity contribution in [3.63, 3.8) is 0 Å². The normalized spacial score (nSPS) is 9.73. The molecule has 1 rings (SSSR count). The molecule has 0 aromatic heterocycles. The summed E-state index contributed by atoms with van der Waals surface area (Å²) in [5.74, 6) is -0.253. The van der Waals surface area contributed by atoms with E-state index < -0.39 is 0 Å². The molecule has 0 radical (unpaired) electrons. The van der Waals surface area contributed by atoms with Crippen LogP contribution < -0.4 is 0 Å². The summed E-state index contributed by atoms with van der Waals surface area (Å²) in [6.45, 7) is 0. The number of hydrogen-bond donors (Lipinski definition) is 0. The lowest BCUT2D eigenvalue weighted by atomic mass is 10.2. The van der Waals surface area contributed by atoms with Crippen molar-refractivity contribution in [1.29, 1.82) is 0 Å². The lowest BCUT2D eigenvalue weighted by Crippen LogP contribution is -1.90. The topological polar surface area (TPSA) is 17.1 Å². The van der Waals surface area contributed by atoms with E-state index in [9.17, 15) is 9.18 Å². The summed E-state index contributed by atoms with van der Waals surface area (Å²) in [5.41, 5.74) is 0.514. The first-order valence-electron chi connectivity index (χ1n) is 2.75. The Balaban J connectivity index is 3.31. The molecule has 0 bridgehead atoms. The highest BCUT2D eigenvalue weighted by Gasteiger charge is 2.05. The Morgan fingerprint density at radius 3 is 2.09 bits per heavy atom. The fraction of sp³-hybridized carbons (Fsp3) is 0. The van der Waals surface area contributed by atoms with Gasteiger partial charge < -0.3 is 0 Å². The van der Waals surface area contributed by atoms with Gasteiger partial charge in [-0.1, -0.05) is 0 Å². The minimum atomic E-state index is -0.253. The van der Waals surface area contributed by atoms with Crippen LogP contribution in [0.25, 0.3) is 0 Å². The van der Waals surface area contributed by atoms with Gasteiger partial charge in [-0.15, -0.1) is 0 Å². The van der Waals surface area contributed by atoms with Crippen molar-refractivity contribution in [3.8, 4) is 0 Å². The number of rotatable bonds is 1. The van der Waals surface area contributed by atoms with Gasteiger partial charge in [0.25, 0.3) is 0 Å². The second kappa shape index (κ2) is 3.79. The highest BCUT2D eigenvalue weighted by atomic mass is 127. The second-order valence-electron chi connectivity index (χ2n) is 1.92. The molecule has 0 fully saturated rings. The Bertz CT molecular complexity index is 275. The van der Waals surface area contributed by atoms with Crippen molar-refractivity contribution >= 4 is 51.5 Å². The maximum atomic E-state index is 12.9. The maximum absolute atomic E-state index is 12.9. The summed E-state index contributed by atoms with van der Waals surface area (Å²) in [6, 6.07) is 3.04. The Kier molecular flexibility index (Phi) is 3.23. The number of benzene rings is 1. The Morgan fingerprint density at radius 2 is 1.73 bits per heavy atom. The molecule has 1 aromatic rings. The molecule has 0 heterocycles. The molecule has 0 amide bonds. The van der Waals surface area contributed by atoms with E-state index in [0.29, 0.717) is 19.0 Å². The fourth-order valence-electron chi connectivity index (χ4n) is 0.643. The van der Waals surface area contributed by atoms with Crippen LogP contribution in [-0.4, -0.2) is 6.29 Å². The lowest BCUT2D eigenvalue weighted by Gasteiger charge is -1.97. The van der Waals surface area contributed by atoms with Crippen molar-refractivity contribution in [2.75, 3.05) is 0 Å². The molecule has 1 nitrogen and oxygen atoms in total. The molecule has 1 aromatic carbocycles. The summed E-state index contributed by atoms with van der Waals surface area (Å²) in [4.78, 5) is 10.3. The van der Waals surface area contributed by atoms with Gasteiger partial charge in [-0.2, -0.15) is 0 Å². The van der Waals surface area contributed by atoms with Crippen LogP contribution in [0.4, 0.5) is 4.39 Å². The number of carbonyl (C=O) groups excluding carboxylic acids is 1. The van der Waals surface area contributed by atoms with Gasteiger partial charge in [-0.05, 0) is 57.3 Å². The molecule has 0 aliphatic carbocycles. The Labute approximate surface area is 90.6 Å². The van der Waals surface area contributed by atoms with Crippen LogP contribution in [0, 0.1) is 13.0 Å². The zero-order valence-electron chi connectivity index (χ0n) is 5.27. The zero-order chi connectivity index (χ0) is 8.43. The summed E-state index contributed by atoms with van der Waals surface area (Å²) < 4.78 is 13.9. The van der Waals surface area contributed by atoms with Gasteiger partial charge >= 0.3 is 0 Å². The highest BCUT2D eigenvalue weighted by molar-refractivity contribution is 14.1. The van der Waals surface area contributed by atoms with Gasteiger partial charge in [0.1, 0.15) is 12.1 Å². The van der Waals surface area contributed by atoms with Gasteiger partial charge in [-0.3, -0.25) is 4.79 Å². The van der Waals surface area contributed by atoms with E-state index in [2.05, 4.69) is 0 Å². The van der Waals surface area contributed by atoms with E-state index in [1.165, 1.54) is 12.1 Å².